The topological polar surface area (TPSA) is 109 Å². The summed E-state index contributed by atoms with van der Waals surface area (Å²) in [4.78, 5) is 27.0. The molecule has 0 saturated carbocycles. The molecule has 9 nitrogen and oxygen atoms in total. The number of hydrogen-bond acceptors (Lipinski definition) is 8. The van der Waals surface area contributed by atoms with E-state index < -0.39 is 12.3 Å². The van der Waals surface area contributed by atoms with Crippen LogP contribution in [0.5, 0.6) is 0 Å². The van der Waals surface area contributed by atoms with Crippen LogP contribution in [-0.4, -0.2) is 85.9 Å². The number of hydrogen-bond donors (Lipinski definition) is 3. The molecule has 0 rings (SSSR count). The molecule has 0 aliphatic rings. The third-order valence-electron chi connectivity index (χ3n) is 10.7. The van der Waals surface area contributed by atoms with Gasteiger partial charge in [0, 0.05) is 26.6 Å². The number of thiocarbonyl (C=S) groups is 1. The van der Waals surface area contributed by atoms with Gasteiger partial charge < -0.3 is 34.9 Å². The van der Waals surface area contributed by atoms with Gasteiger partial charge in [0.25, 0.3) is 0 Å². The van der Waals surface area contributed by atoms with Gasteiger partial charge in [-0.2, -0.15) is 0 Å². The molecule has 0 amide bonds. The second kappa shape index (κ2) is 42.9. The highest BCUT2D eigenvalue weighted by molar-refractivity contribution is 7.80. The summed E-state index contributed by atoms with van der Waals surface area (Å²) in [5.41, 5.74) is 0. The molecule has 0 aromatic heterocycles. The lowest BCUT2D eigenvalue weighted by atomic mass is 10.0. The first kappa shape index (κ1) is 54.3. The molecule has 0 heterocycles. The van der Waals surface area contributed by atoms with E-state index in [2.05, 4.69) is 36.3 Å². The number of ether oxygens (including phenoxy) is 3. The van der Waals surface area contributed by atoms with Gasteiger partial charge in [0.1, 0.15) is 6.10 Å². The number of carbonyl (C=O) groups is 2. The van der Waals surface area contributed by atoms with Crippen molar-refractivity contribution in [3.8, 4) is 0 Å². The van der Waals surface area contributed by atoms with Crippen molar-refractivity contribution in [2.75, 3.05) is 46.4 Å². The number of aliphatic hydroxyl groups is 1. The predicted molar refractivity (Wildman–Crippen MR) is 239 cm³/mol. The minimum atomic E-state index is -0.548. The summed E-state index contributed by atoms with van der Waals surface area (Å²) >= 11 is 5.18. The number of carbonyl (C=O) groups excluding carboxylic acids is 2. The summed E-state index contributed by atoms with van der Waals surface area (Å²) in [6.07, 6.45) is 34.2. The Balaban J connectivity index is 4.39. The van der Waals surface area contributed by atoms with Crippen LogP contribution in [0.25, 0.3) is 0 Å². The minimum absolute atomic E-state index is 0.0104. The van der Waals surface area contributed by atoms with E-state index in [1.165, 1.54) is 96.3 Å². The molecule has 0 bridgehead atoms. The average molecular weight is 814 g/mol. The number of nitrogens with zero attached hydrogens (tertiary/aromatic N) is 1. The first-order valence-corrected chi connectivity index (χ1v) is 24.1. The molecule has 0 aromatic carbocycles. The zero-order chi connectivity index (χ0) is 41.2. The SMILES string of the molecule is CCCCCCCCCOC(=O)OCCCCCCN(CCCCCCCC(=O)OC(CCCCCCCC)CCCCCCCC)CC(O)CNC(=S)NC. The van der Waals surface area contributed by atoms with Crippen molar-refractivity contribution in [1.29, 1.82) is 0 Å². The second-order valence-electron chi connectivity index (χ2n) is 16.1. The van der Waals surface area contributed by atoms with Gasteiger partial charge >= 0.3 is 12.1 Å². The number of esters is 1. The molecule has 0 aliphatic heterocycles. The van der Waals surface area contributed by atoms with Gasteiger partial charge in [0.05, 0.1) is 19.3 Å². The van der Waals surface area contributed by atoms with E-state index >= 15 is 0 Å². The summed E-state index contributed by atoms with van der Waals surface area (Å²) in [5.74, 6) is -0.0104. The molecule has 56 heavy (non-hydrogen) atoms. The van der Waals surface area contributed by atoms with Gasteiger partial charge in [-0.1, -0.05) is 156 Å². The fraction of sp³-hybridized carbons (Fsp3) is 0.935. The quantitative estimate of drug-likeness (QED) is 0.0313. The van der Waals surface area contributed by atoms with Crippen LogP contribution in [0.3, 0.4) is 0 Å². The third-order valence-corrected chi connectivity index (χ3v) is 11.0. The monoisotopic (exact) mass is 814 g/mol. The van der Waals surface area contributed by atoms with Crippen molar-refractivity contribution < 1.29 is 28.9 Å². The van der Waals surface area contributed by atoms with E-state index in [9.17, 15) is 14.7 Å². The molecule has 332 valence electrons. The fourth-order valence-corrected chi connectivity index (χ4v) is 7.19. The van der Waals surface area contributed by atoms with E-state index in [0.717, 1.165) is 109 Å². The van der Waals surface area contributed by atoms with Crippen molar-refractivity contribution in [3.63, 3.8) is 0 Å². The highest BCUT2D eigenvalue weighted by Gasteiger charge is 2.15. The molecule has 0 aliphatic carbocycles. The van der Waals surface area contributed by atoms with Crippen molar-refractivity contribution in [2.24, 2.45) is 0 Å². The standard InChI is InChI=1S/C46H91N3O6S/c1-5-8-11-14-17-24-31-38-53-46(52)54-39-32-25-23-30-37-49(41-42(50)40-48-45(56)47-4)36-29-22-18-21-28-35-44(51)55-43(33-26-19-15-12-9-6-2)34-27-20-16-13-10-7-3/h42-43,50H,5-41H2,1-4H3,(H2,47,48,56). The normalized spacial score (nSPS) is 11.9. The lowest BCUT2D eigenvalue weighted by molar-refractivity contribution is -0.150. The Bertz CT molecular complexity index is 866. The molecular formula is C46H91N3O6S. The second-order valence-corrected chi connectivity index (χ2v) is 16.5. The average Bonchev–Trinajstić information content (AvgIpc) is 3.19. The summed E-state index contributed by atoms with van der Waals surface area (Å²) in [6.45, 7) is 10.4. The lowest BCUT2D eigenvalue weighted by Crippen LogP contribution is -2.43. The van der Waals surface area contributed by atoms with E-state index in [1.54, 1.807) is 7.05 Å². The first-order valence-electron chi connectivity index (χ1n) is 23.7. The van der Waals surface area contributed by atoms with Crippen molar-refractivity contribution >= 4 is 29.5 Å². The Hall–Kier alpha value is -1.65. The number of rotatable bonds is 42. The van der Waals surface area contributed by atoms with Crippen LogP contribution in [0.1, 0.15) is 220 Å². The Morgan fingerprint density at radius 3 is 1.46 bits per heavy atom. The van der Waals surface area contributed by atoms with Crippen molar-refractivity contribution in [2.45, 2.75) is 232 Å². The Kier molecular flexibility index (Phi) is 41.7. The number of aliphatic hydroxyl groups excluding tert-OH is 1. The molecule has 0 spiro atoms. The summed E-state index contributed by atoms with van der Waals surface area (Å²) in [6, 6.07) is 0. The molecule has 0 fully saturated rings. The molecule has 1 unspecified atom stereocenters. The smallest absolute Gasteiger partial charge is 0.462 e. The van der Waals surface area contributed by atoms with Crippen LogP contribution in [0.15, 0.2) is 0 Å². The van der Waals surface area contributed by atoms with Crippen LogP contribution in [0.4, 0.5) is 4.79 Å². The highest BCUT2D eigenvalue weighted by Crippen LogP contribution is 2.18. The largest absolute Gasteiger partial charge is 0.508 e. The molecule has 0 radical (unpaired) electrons. The maximum Gasteiger partial charge on any atom is 0.508 e. The molecule has 1 atom stereocenters. The molecule has 0 aromatic rings. The van der Waals surface area contributed by atoms with E-state index in [0.29, 0.717) is 37.8 Å². The maximum atomic E-state index is 12.8. The molecule has 0 saturated heterocycles. The van der Waals surface area contributed by atoms with Crippen LogP contribution >= 0.6 is 12.2 Å². The highest BCUT2D eigenvalue weighted by atomic mass is 32.1. The van der Waals surface area contributed by atoms with Gasteiger partial charge in [-0.3, -0.25) is 4.79 Å². The van der Waals surface area contributed by atoms with Crippen LogP contribution in [-0.2, 0) is 19.0 Å². The predicted octanol–water partition coefficient (Wildman–Crippen LogP) is 12.0. The van der Waals surface area contributed by atoms with E-state index in [4.69, 9.17) is 26.4 Å². The summed E-state index contributed by atoms with van der Waals surface area (Å²) in [5, 5.41) is 17.2. The first-order chi connectivity index (χ1) is 27.4. The van der Waals surface area contributed by atoms with Crippen molar-refractivity contribution in [3.05, 3.63) is 0 Å². The van der Waals surface area contributed by atoms with E-state index in [1.807, 2.05) is 0 Å². The Morgan fingerprint density at radius 1 is 0.589 bits per heavy atom. The van der Waals surface area contributed by atoms with Gasteiger partial charge in [-0.25, -0.2) is 4.79 Å². The van der Waals surface area contributed by atoms with Gasteiger partial charge in [-0.05, 0) is 83.1 Å². The lowest BCUT2D eigenvalue weighted by Gasteiger charge is -2.25. The van der Waals surface area contributed by atoms with Gasteiger partial charge in [-0.15, -0.1) is 0 Å². The molecule has 3 N–H and O–H groups in total. The number of unbranched alkanes of at least 4 members (excludes halogenated alkanes) is 23. The molecular weight excluding hydrogens is 723 g/mol. The summed E-state index contributed by atoms with van der Waals surface area (Å²) in [7, 11) is 1.77. The van der Waals surface area contributed by atoms with E-state index in [-0.39, 0.29) is 12.1 Å². The van der Waals surface area contributed by atoms with Crippen molar-refractivity contribution in [1.82, 2.24) is 15.5 Å². The fourth-order valence-electron chi connectivity index (χ4n) is 7.11. The van der Waals surface area contributed by atoms with Gasteiger partial charge in [0.2, 0.25) is 0 Å². The van der Waals surface area contributed by atoms with Crippen LogP contribution in [0, 0.1) is 0 Å². The zero-order valence-electron chi connectivity index (χ0n) is 37.2. The number of nitrogens with one attached hydrogen (secondary N) is 2. The minimum Gasteiger partial charge on any atom is -0.462 e. The summed E-state index contributed by atoms with van der Waals surface area (Å²) < 4.78 is 16.5. The van der Waals surface area contributed by atoms with Crippen LogP contribution < -0.4 is 10.6 Å². The third kappa shape index (κ3) is 39.2. The Labute approximate surface area is 351 Å². The maximum absolute atomic E-state index is 12.8. The van der Waals surface area contributed by atoms with Crippen LogP contribution in [0.2, 0.25) is 0 Å². The van der Waals surface area contributed by atoms with Gasteiger partial charge in [0.15, 0.2) is 5.11 Å². The molecule has 10 heteroatoms. The zero-order valence-corrected chi connectivity index (χ0v) is 38.0. The Morgan fingerprint density at radius 2 is 1.00 bits per heavy atom.